The van der Waals surface area contributed by atoms with E-state index in [1.54, 1.807) is 36.1 Å². The lowest BCUT2D eigenvalue weighted by atomic mass is 9.96. The molecule has 1 heterocycles. The topological polar surface area (TPSA) is 92.5 Å². The smallest absolute Gasteiger partial charge is 0.248 e. The van der Waals surface area contributed by atoms with Crippen LogP contribution in [0.15, 0.2) is 24.3 Å². The number of nitrogens with zero attached hydrogens (tertiary/aromatic N) is 1. The number of benzene rings is 1. The van der Waals surface area contributed by atoms with Crippen LogP contribution in [0.4, 0.5) is 0 Å². The SMILES string of the molecule is CC(=O)N1CCC(C(=O)NCC#Cc2ccc(C(N)=O)cc2)CC1. The first-order valence-corrected chi connectivity index (χ1v) is 7.89. The molecule has 0 saturated carbocycles. The van der Waals surface area contributed by atoms with Crippen molar-refractivity contribution in [1.82, 2.24) is 10.2 Å². The number of likely N-dealkylation sites (tertiary alicyclic amines) is 1. The predicted molar refractivity (Wildman–Crippen MR) is 89.8 cm³/mol. The highest BCUT2D eigenvalue weighted by Crippen LogP contribution is 2.17. The molecule has 1 aliphatic rings. The minimum atomic E-state index is -0.474. The van der Waals surface area contributed by atoms with E-state index in [1.807, 2.05) is 0 Å². The van der Waals surface area contributed by atoms with E-state index in [4.69, 9.17) is 5.73 Å². The van der Waals surface area contributed by atoms with Gasteiger partial charge in [-0.25, -0.2) is 0 Å². The van der Waals surface area contributed by atoms with Crippen LogP contribution in [0.3, 0.4) is 0 Å². The molecule has 24 heavy (non-hydrogen) atoms. The Morgan fingerprint density at radius 1 is 1.21 bits per heavy atom. The molecule has 126 valence electrons. The van der Waals surface area contributed by atoms with Gasteiger partial charge in [0.25, 0.3) is 0 Å². The average molecular weight is 327 g/mol. The van der Waals surface area contributed by atoms with Gasteiger partial charge in [0.05, 0.1) is 6.54 Å². The normalized spacial score (nSPS) is 14.5. The zero-order chi connectivity index (χ0) is 17.5. The van der Waals surface area contributed by atoms with E-state index in [0.29, 0.717) is 31.5 Å². The van der Waals surface area contributed by atoms with Crippen LogP contribution < -0.4 is 11.1 Å². The van der Waals surface area contributed by atoms with Gasteiger partial charge >= 0.3 is 0 Å². The lowest BCUT2D eigenvalue weighted by Gasteiger charge is -2.30. The molecule has 0 atom stereocenters. The Kier molecular flexibility index (Phi) is 5.96. The number of hydrogen-bond donors (Lipinski definition) is 2. The highest BCUT2D eigenvalue weighted by atomic mass is 16.2. The molecule has 6 heteroatoms. The van der Waals surface area contributed by atoms with Crippen molar-refractivity contribution in [3.63, 3.8) is 0 Å². The van der Waals surface area contributed by atoms with Crippen LogP contribution in [-0.4, -0.2) is 42.3 Å². The molecule has 0 aliphatic carbocycles. The zero-order valence-corrected chi connectivity index (χ0v) is 13.7. The Labute approximate surface area is 141 Å². The monoisotopic (exact) mass is 327 g/mol. The van der Waals surface area contributed by atoms with Gasteiger partial charge in [-0.3, -0.25) is 14.4 Å². The number of nitrogens with one attached hydrogen (secondary N) is 1. The summed E-state index contributed by atoms with van der Waals surface area (Å²) in [6, 6.07) is 6.67. The quantitative estimate of drug-likeness (QED) is 0.792. The molecule has 2 rings (SSSR count). The summed E-state index contributed by atoms with van der Waals surface area (Å²) in [7, 11) is 0. The van der Waals surface area contributed by atoms with Gasteiger partial charge in [-0.15, -0.1) is 0 Å². The fraction of sp³-hybridized carbons (Fsp3) is 0.389. The lowest BCUT2D eigenvalue weighted by Crippen LogP contribution is -2.42. The van der Waals surface area contributed by atoms with Crippen molar-refractivity contribution in [3.8, 4) is 11.8 Å². The van der Waals surface area contributed by atoms with Gasteiger partial charge in [0.15, 0.2) is 0 Å². The molecule has 1 fully saturated rings. The van der Waals surface area contributed by atoms with Gasteiger partial charge in [-0.1, -0.05) is 11.8 Å². The summed E-state index contributed by atoms with van der Waals surface area (Å²) in [6.07, 6.45) is 1.38. The Hall–Kier alpha value is -2.81. The fourth-order valence-electron chi connectivity index (χ4n) is 2.60. The molecule has 0 unspecified atom stereocenters. The van der Waals surface area contributed by atoms with E-state index in [1.165, 1.54) is 0 Å². The minimum absolute atomic E-state index is 0.0171. The number of carbonyl (C=O) groups is 3. The maximum Gasteiger partial charge on any atom is 0.248 e. The fourth-order valence-corrected chi connectivity index (χ4v) is 2.60. The van der Waals surface area contributed by atoms with Gasteiger partial charge in [0.2, 0.25) is 17.7 Å². The third-order valence-corrected chi connectivity index (χ3v) is 4.06. The molecule has 0 aromatic heterocycles. The van der Waals surface area contributed by atoms with Crippen molar-refractivity contribution in [2.75, 3.05) is 19.6 Å². The molecule has 6 nitrogen and oxygen atoms in total. The summed E-state index contributed by atoms with van der Waals surface area (Å²) >= 11 is 0. The maximum atomic E-state index is 12.1. The molecule has 1 saturated heterocycles. The Morgan fingerprint density at radius 3 is 2.38 bits per heavy atom. The number of carbonyl (C=O) groups excluding carboxylic acids is 3. The first-order valence-electron chi connectivity index (χ1n) is 7.89. The molecule has 1 aromatic carbocycles. The number of rotatable bonds is 3. The summed E-state index contributed by atoms with van der Waals surface area (Å²) in [5.41, 5.74) is 6.36. The first-order chi connectivity index (χ1) is 11.5. The van der Waals surface area contributed by atoms with E-state index in [-0.39, 0.29) is 24.3 Å². The van der Waals surface area contributed by atoms with E-state index in [2.05, 4.69) is 17.2 Å². The van der Waals surface area contributed by atoms with Crippen LogP contribution in [0.5, 0.6) is 0 Å². The number of hydrogen-bond acceptors (Lipinski definition) is 3. The molecule has 3 amide bonds. The summed E-state index contributed by atoms with van der Waals surface area (Å²) < 4.78 is 0. The second-order valence-electron chi connectivity index (χ2n) is 5.74. The Morgan fingerprint density at radius 2 is 1.83 bits per heavy atom. The third-order valence-electron chi connectivity index (χ3n) is 4.06. The molecule has 0 bridgehead atoms. The summed E-state index contributed by atoms with van der Waals surface area (Å²) in [4.78, 5) is 36.1. The molecule has 1 aliphatic heterocycles. The van der Waals surface area contributed by atoms with Crippen molar-refractivity contribution in [2.45, 2.75) is 19.8 Å². The molecule has 1 aromatic rings. The average Bonchev–Trinajstić information content (AvgIpc) is 2.59. The van der Waals surface area contributed by atoms with E-state index in [9.17, 15) is 14.4 Å². The van der Waals surface area contributed by atoms with Gasteiger partial charge < -0.3 is 16.0 Å². The zero-order valence-electron chi connectivity index (χ0n) is 13.7. The number of nitrogens with two attached hydrogens (primary N) is 1. The largest absolute Gasteiger partial charge is 0.366 e. The van der Waals surface area contributed by atoms with Gasteiger partial charge in [-0.05, 0) is 37.1 Å². The molecule has 0 radical (unpaired) electrons. The van der Waals surface area contributed by atoms with Crippen LogP contribution in [-0.2, 0) is 9.59 Å². The van der Waals surface area contributed by atoms with Crippen molar-refractivity contribution >= 4 is 17.7 Å². The predicted octanol–water partition coefficient (Wildman–Crippen LogP) is 0.512. The Bertz CT molecular complexity index is 678. The second-order valence-corrected chi connectivity index (χ2v) is 5.74. The van der Waals surface area contributed by atoms with Crippen molar-refractivity contribution in [3.05, 3.63) is 35.4 Å². The minimum Gasteiger partial charge on any atom is -0.366 e. The van der Waals surface area contributed by atoms with Crippen LogP contribution in [0.1, 0.15) is 35.7 Å². The summed E-state index contributed by atoms with van der Waals surface area (Å²) in [5.74, 6) is 5.31. The molecular formula is C18H21N3O3. The van der Waals surface area contributed by atoms with Crippen LogP contribution in [0, 0.1) is 17.8 Å². The second kappa shape index (κ2) is 8.16. The molecule has 0 spiro atoms. The van der Waals surface area contributed by atoms with Gasteiger partial charge in [0, 0.05) is 37.1 Å². The number of piperidine rings is 1. The highest BCUT2D eigenvalue weighted by Gasteiger charge is 2.25. The summed E-state index contributed by atoms with van der Waals surface area (Å²) in [6.45, 7) is 3.08. The van der Waals surface area contributed by atoms with E-state index < -0.39 is 5.91 Å². The van der Waals surface area contributed by atoms with Gasteiger partial charge in [-0.2, -0.15) is 0 Å². The molecule has 3 N–H and O–H groups in total. The number of primary amides is 1. The van der Waals surface area contributed by atoms with Crippen molar-refractivity contribution < 1.29 is 14.4 Å². The standard InChI is InChI=1S/C18H21N3O3/c1-13(22)21-11-8-16(9-12-21)18(24)20-10-2-3-14-4-6-15(7-5-14)17(19)23/h4-7,16H,8-12H2,1H3,(H2,19,23)(H,20,24). The lowest BCUT2D eigenvalue weighted by molar-refractivity contribution is -0.133. The first kappa shape index (κ1) is 17.5. The summed E-state index contributed by atoms with van der Waals surface area (Å²) in [5, 5.41) is 2.81. The maximum absolute atomic E-state index is 12.1. The number of amides is 3. The van der Waals surface area contributed by atoms with E-state index >= 15 is 0 Å². The third kappa shape index (κ3) is 4.85. The van der Waals surface area contributed by atoms with E-state index in [0.717, 1.165) is 5.56 Å². The molecular weight excluding hydrogens is 306 g/mol. The van der Waals surface area contributed by atoms with Crippen LogP contribution in [0.2, 0.25) is 0 Å². The van der Waals surface area contributed by atoms with Crippen LogP contribution in [0.25, 0.3) is 0 Å². The van der Waals surface area contributed by atoms with Crippen molar-refractivity contribution in [2.24, 2.45) is 11.7 Å². The van der Waals surface area contributed by atoms with Crippen molar-refractivity contribution in [1.29, 1.82) is 0 Å². The highest BCUT2D eigenvalue weighted by molar-refractivity contribution is 5.92. The Balaban J connectivity index is 1.77. The van der Waals surface area contributed by atoms with Crippen LogP contribution >= 0.6 is 0 Å². The van der Waals surface area contributed by atoms with Gasteiger partial charge in [0.1, 0.15) is 0 Å².